The van der Waals surface area contributed by atoms with Crippen molar-refractivity contribution in [2.75, 3.05) is 13.1 Å². The summed E-state index contributed by atoms with van der Waals surface area (Å²) in [5.41, 5.74) is 3.03. The first-order chi connectivity index (χ1) is 9.61. The molecule has 0 spiro atoms. The van der Waals surface area contributed by atoms with Crippen molar-refractivity contribution >= 4 is 0 Å². The van der Waals surface area contributed by atoms with Crippen LogP contribution >= 0.6 is 0 Å². The van der Waals surface area contributed by atoms with Crippen LogP contribution in [0.2, 0.25) is 0 Å². The molecule has 1 aromatic heterocycles. The average Bonchev–Trinajstić information content (AvgIpc) is 2.99. The summed E-state index contributed by atoms with van der Waals surface area (Å²) in [5, 5.41) is 23.1. The quantitative estimate of drug-likeness (QED) is 0.879. The van der Waals surface area contributed by atoms with E-state index in [0.29, 0.717) is 19.6 Å². The molecule has 2 heterocycles. The molecule has 2 unspecified atom stereocenters. The van der Waals surface area contributed by atoms with E-state index in [1.54, 1.807) is 0 Å². The van der Waals surface area contributed by atoms with Gasteiger partial charge in [0.2, 0.25) is 0 Å². The van der Waals surface area contributed by atoms with Gasteiger partial charge in [0.15, 0.2) is 5.76 Å². The van der Waals surface area contributed by atoms with E-state index >= 15 is 0 Å². The smallest absolute Gasteiger partial charge is 0.151 e. The third-order valence-corrected chi connectivity index (χ3v) is 3.62. The number of likely N-dealkylation sites (tertiary alicyclic amines) is 1. The molecule has 1 fully saturated rings. The Balaban J connectivity index is 1.69. The summed E-state index contributed by atoms with van der Waals surface area (Å²) < 4.78 is 5.33. The number of hydrogen-bond donors (Lipinski definition) is 2. The van der Waals surface area contributed by atoms with Gasteiger partial charge in [-0.25, -0.2) is 0 Å². The molecule has 5 heteroatoms. The Bertz CT molecular complexity index is 569. The highest BCUT2D eigenvalue weighted by Gasteiger charge is 2.30. The highest BCUT2D eigenvalue weighted by Crippen LogP contribution is 2.21. The summed E-state index contributed by atoms with van der Waals surface area (Å²) in [5.74, 6) is 0.738. The molecular formula is C15H18N2O3. The van der Waals surface area contributed by atoms with Crippen LogP contribution in [0.5, 0.6) is 0 Å². The number of aliphatic hydroxyl groups excluding tert-OH is 2. The van der Waals surface area contributed by atoms with Gasteiger partial charge >= 0.3 is 0 Å². The number of hydrogen-bond acceptors (Lipinski definition) is 5. The van der Waals surface area contributed by atoms with Crippen LogP contribution in [-0.2, 0) is 6.54 Å². The highest BCUT2D eigenvalue weighted by atomic mass is 16.5. The first-order valence-corrected chi connectivity index (χ1v) is 6.73. The van der Waals surface area contributed by atoms with Gasteiger partial charge in [-0.3, -0.25) is 4.90 Å². The summed E-state index contributed by atoms with van der Waals surface area (Å²) >= 11 is 0. The van der Waals surface area contributed by atoms with Gasteiger partial charge in [-0.05, 0) is 6.92 Å². The van der Waals surface area contributed by atoms with E-state index in [0.717, 1.165) is 17.0 Å². The SMILES string of the molecule is Cc1ccc(-c2cc(CN3CC(O)C(O)C3)on2)cc1. The molecule has 20 heavy (non-hydrogen) atoms. The number of benzene rings is 1. The number of aliphatic hydroxyl groups is 2. The Morgan fingerprint density at radius 3 is 2.50 bits per heavy atom. The zero-order valence-corrected chi connectivity index (χ0v) is 11.4. The zero-order chi connectivity index (χ0) is 14.1. The summed E-state index contributed by atoms with van der Waals surface area (Å²) in [4.78, 5) is 1.95. The minimum atomic E-state index is -0.672. The Morgan fingerprint density at radius 2 is 1.85 bits per heavy atom. The molecule has 1 aliphatic heterocycles. The normalized spacial score (nSPS) is 23.4. The van der Waals surface area contributed by atoms with E-state index < -0.39 is 12.2 Å². The van der Waals surface area contributed by atoms with Gasteiger partial charge in [-0.2, -0.15) is 0 Å². The summed E-state index contributed by atoms with van der Waals surface area (Å²) in [6.45, 7) is 3.51. The average molecular weight is 274 g/mol. The van der Waals surface area contributed by atoms with Crippen LogP contribution in [-0.4, -0.2) is 45.6 Å². The summed E-state index contributed by atoms with van der Waals surface area (Å²) in [6.07, 6.45) is -1.34. The second-order valence-electron chi connectivity index (χ2n) is 5.37. The molecule has 2 aromatic rings. The lowest BCUT2D eigenvalue weighted by atomic mass is 10.1. The lowest BCUT2D eigenvalue weighted by Crippen LogP contribution is -2.22. The molecule has 0 radical (unpaired) electrons. The molecule has 1 aliphatic rings. The van der Waals surface area contributed by atoms with Gasteiger partial charge in [0.1, 0.15) is 5.69 Å². The van der Waals surface area contributed by atoms with E-state index in [1.807, 2.05) is 42.2 Å². The van der Waals surface area contributed by atoms with Gasteiger partial charge < -0.3 is 14.7 Å². The molecule has 0 bridgehead atoms. The van der Waals surface area contributed by atoms with E-state index in [9.17, 15) is 10.2 Å². The molecule has 1 aromatic carbocycles. The molecule has 0 saturated carbocycles. The maximum absolute atomic E-state index is 9.52. The van der Waals surface area contributed by atoms with Gasteiger partial charge in [0.25, 0.3) is 0 Å². The molecule has 5 nitrogen and oxygen atoms in total. The third kappa shape index (κ3) is 2.75. The van der Waals surface area contributed by atoms with E-state index in [-0.39, 0.29) is 0 Å². The first kappa shape index (κ1) is 13.3. The second kappa shape index (κ2) is 5.36. The lowest BCUT2D eigenvalue weighted by Gasteiger charge is -2.11. The Morgan fingerprint density at radius 1 is 1.20 bits per heavy atom. The number of nitrogens with zero attached hydrogens (tertiary/aromatic N) is 2. The topological polar surface area (TPSA) is 69.7 Å². The van der Waals surface area contributed by atoms with Crippen molar-refractivity contribution in [1.82, 2.24) is 10.1 Å². The molecule has 106 valence electrons. The monoisotopic (exact) mass is 274 g/mol. The minimum Gasteiger partial charge on any atom is -0.389 e. The van der Waals surface area contributed by atoms with E-state index in [1.165, 1.54) is 5.56 Å². The zero-order valence-electron chi connectivity index (χ0n) is 11.4. The van der Waals surface area contributed by atoms with Crippen LogP contribution in [0.1, 0.15) is 11.3 Å². The van der Waals surface area contributed by atoms with E-state index in [2.05, 4.69) is 5.16 Å². The number of β-amino-alcohol motifs (C(OH)–C–C–N with tert-alkyl or cyclic N) is 2. The van der Waals surface area contributed by atoms with Crippen molar-refractivity contribution in [3.05, 3.63) is 41.7 Å². The van der Waals surface area contributed by atoms with Crippen molar-refractivity contribution in [2.45, 2.75) is 25.7 Å². The number of rotatable bonds is 3. The predicted octanol–water partition coefficient (Wildman–Crippen LogP) is 1.19. The number of aromatic nitrogens is 1. The van der Waals surface area contributed by atoms with Gasteiger partial charge in [-0.15, -0.1) is 0 Å². The Kier molecular flexibility index (Phi) is 3.56. The third-order valence-electron chi connectivity index (χ3n) is 3.62. The van der Waals surface area contributed by atoms with Crippen LogP contribution in [0.3, 0.4) is 0 Å². The van der Waals surface area contributed by atoms with Gasteiger partial charge in [0.05, 0.1) is 18.8 Å². The fourth-order valence-electron chi connectivity index (χ4n) is 2.44. The highest BCUT2D eigenvalue weighted by molar-refractivity contribution is 5.59. The first-order valence-electron chi connectivity index (χ1n) is 6.73. The van der Waals surface area contributed by atoms with Gasteiger partial charge in [0, 0.05) is 24.7 Å². The van der Waals surface area contributed by atoms with Gasteiger partial charge in [-0.1, -0.05) is 35.0 Å². The van der Waals surface area contributed by atoms with Crippen molar-refractivity contribution < 1.29 is 14.7 Å². The van der Waals surface area contributed by atoms with Crippen molar-refractivity contribution in [1.29, 1.82) is 0 Å². The Labute approximate surface area is 117 Å². The van der Waals surface area contributed by atoms with E-state index in [4.69, 9.17) is 4.52 Å². The largest absolute Gasteiger partial charge is 0.389 e. The van der Waals surface area contributed by atoms with Crippen LogP contribution in [0, 0.1) is 6.92 Å². The molecule has 2 N–H and O–H groups in total. The Hall–Kier alpha value is -1.69. The molecule has 1 saturated heterocycles. The lowest BCUT2D eigenvalue weighted by molar-refractivity contribution is 0.0572. The molecule has 2 atom stereocenters. The minimum absolute atomic E-state index is 0.460. The fraction of sp³-hybridized carbons (Fsp3) is 0.400. The summed E-state index contributed by atoms with van der Waals surface area (Å²) in [6, 6.07) is 10.0. The molecule has 3 rings (SSSR count). The van der Waals surface area contributed by atoms with Crippen molar-refractivity contribution in [3.8, 4) is 11.3 Å². The molecule has 0 aliphatic carbocycles. The summed E-state index contributed by atoms with van der Waals surface area (Å²) in [7, 11) is 0. The van der Waals surface area contributed by atoms with Crippen LogP contribution in [0.15, 0.2) is 34.9 Å². The number of aryl methyl sites for hydroxylation is 1. The van der Waals surface area contributed by atoms with Crippen molar-refractivity contribution in [3.63, 3.8) is 0 Å². The van der Waals surface area contributed by atoms with Crippen molar-refractivity contribution in [2.24, 2.45) is 0 Å². The maximum Gasteiger partial charge on any atom is 0.151 e. The predicted molar refractivity (Wildman–Crippen MR) is 74.0 cm³/mol. The standard InChI is InChI=1S/C15H18N2O3/c1-10-2-4-11(5-3-10)13-6-12(20-16-13)7-17-8-14(18)15(19)9-17/h2-6,14-15,18-19H,7-9H2,1H3. The van der Waals surface area contributed by atoms with Crippen LogP contribution in [0.25, 0.3) is 11.3 Å². The molecular weight excluding hydrogens is 256 g/mol. The van der Waals surface area contributed by atoms with Crippen LogP contribution in [0.4, 0.5) is 0 Å². The molecule has 0 amide bonds. The maximum atomic E-state index is 9.52. The fourth-order valence-corrected chi connectivity index (χ4v) is 2.44. The second-order valence-corrected chi connectivity index (χ2v) is 5.37. The van der Waals surface area contributed by atoms with Crippen LogP contribution < -0.4 is 0 Å².